The number of carbonyl (C=O) groups excluding carboxylic acids is 2. The standard InChI is InChI=1S/C13H9ClF2N4O2/c14-10-8(17)1-2-19-11(10)13(22)20-9-3-5(12(18)21)6(15)4-7(9)16/h1-4H,(H2,17,19)(H2,18,21)(H,20,22). The van der Waals surface area contributed by atoms with Gasteiger partial charge >= 0.3 is 0 Å². The van der Waals surface area contributed by atoms with Gasteiger partial charge in [-0.15, -0.1) is 0 Å². The van der Waals surface area contributed by atoms with Crippen molar-refractivity contribution in [1.82, 2.24) is 4.98 Å². The smallest absolute Gasteiger partial charge is 0.275 e. The van der Waals surface area contributed by atoms with Gasteiger partial charge in [0, 0.05) is 12.3 Å². The van der Waals surface area contributed by atoms with Gasteiger partial charge in [0.15, 0.2) is 0 Å². The van der Waals surface area contributed by atoms with Crippen molar-refractivity contribution in [1.29, 1.82) is 0 Å². The fourth-order valence-electron chi connectivity index (χ4n) is 1.63. The molecule has 0 saturated heterocycles. The fourth-order valence-corrected chi connectivity index (χ4v) is 1.83. The highest BCUT2D eigenvalue weighted by Crippen LogP contribution is 2.24. The Morgan fingerprint density at radius 3 is 2.55 bits per heavy atom. The Kier molecular flexibility index (Phi) is 4.22. The van der Waals surface area contributed by atoms with E-state index in [1.807, 2.05) is 0 Å². The molecule has 9 heteroatoms. The molecule has 0 spiro atoms. The van der Waals surface area contributed by atoms with E-state index in [4.69, 9.17) is 23.1 Å². The molecule has 0 saturated carbocycles. The lowest BCUT2D eigenvalue weighted by molar-refractivity contribution is 0.0991. The van der Waals surface area contributed by atoms with Crippen LogP contribution in [-0.2, 0) is 0 Å². The van der Waals surface area contributed by atoms with Crippen molar-refractivity contribution in [3.8, 4) is 0 Å². The van der Waals surface area contributed by atoms with Gasteiger partial charge in [-0.1, -0.05) is 11.6 Å². The molecular formula is C13H9ClF2N4O2. The third-order valence-electron chi connectivity index (χ3n) is 2.70. The predicted molar refractivity (Wildman–Crippen MR) is 76.5 cm³/mol. The average Bonchev–Trinajstić information content (AvgIpc) is 2.44. The molecule has 114 valence electrons. The van der Waals surface area contributed by atoms with Gasteiger partial charge < -0.3 is 16.8 Å². The van der Waals surface area contributed by atoms with Crippen LogP contribution in [0.1, 0.15) is 20.8 Å². The number of benzene rings is 1. The summed E-state index contributed by atoms with van der Waals surface area (Å²) < 4.78 is 27.0. The van der Waals surface area contributed by atoms with Gasteiger partial charge in [0.2, 0.25) is 0 Å². The Balaban J connectivity index is 2.38. The summed E-state index contributed by atoms with van der Waals surface area (Å²) >= 11 is 5.82. The summed E-state index contributed by atoms with van der Waals surface area (Å²) in [6.45, 7) is 0. The fraction of sp³-hybridized carbons (Fsp3) is 0. The van der Waals surface area contributed by atoms with Crippen LogP contribution in [0.3, 0.4) is 0 Å². The van der Waals surface area contributed by atoms with Crippen molar-refractivity contribution in [2.24, 2.45) is 5.73 Å². The minimum atomic E-state index is -1.14. The zero-order valence-corrected chi connectivity index (χ0v) is 11.6. The summed E-state index contributed by atoms with van der Waals surface area (Å²) in [5.41, 5.74) is 9.34. The number of rotatable bonds is 3. The molecular weight excluding hydrogens is 318 g/mol. The molecule has 1 aromatic carbocycles. The molecule has 0 radical (unpaired) electrons. The van der Waals surface area contributed by atoms with Crippen LogP contribution in [0.4, 0.5) is 20.2 Å². The minimum absolute atomic E-state index is 0.110. The molecule has 0 aliphatic heterocycles. The van der Waals surface area contributed by atoms with E-state index in [1.165, 1.54) is 12.3 Å². The number of nitrogens with zero attached hydrogens (tertiary/aromatic N) is 1. The molecule has 1 aromatic heterocycles. The summed E-state index contributed by atoms with van der Waals surface area (Å²) in [5.74, 6) is -4.20. The lowest BCUT2D eigenvalue weighted by Gasteiger charge is -2.09. The molecule has 2 aromatic rings. The molecule has 0 fully saturated rings. The SMILES string of the molecule is NC(=O)c1cc(NC(=O)c2nccc(N)c2Cl)c(F)cc1F. The van der Waals surface area contributed by atoms with E-state index in [1.54, 1.807) is 0 Å². The van der Waals surface area contributed by atoms with E-state index in [0.29, 0.717) is 6.07 Å². The number of anilines is 2. The van der Waals surface area contributed by atoms with Crippen molar-refractivity contribution in [3.63, 3.8) is 0 Å². The summed E-state index contributed by atoms with van der Waals surface area (Å²) in [6.07, 6.45) is 1.24. The summed E-state index contributed by atoms with van der Waals surface area (Å²) in [5, 5.41) is 2.01. The van der Waals surface area contributed by atoms with Gasteiger partial charge in [0.05, 0.1) is 22.0 Å². The van der Waals surface area contributed by atoms with Crippen LogP contribution in [0, 0.1) is 11.6 Å². The molecule has 22 heavy (non-hydrogen) atoms. The Morgan fingerprint density at radius 1 is 1.23 bits per heavy atom. The van der Waals surface area contributed by atoms with Gasteiger partial charge in [-0.2, -0.15) is 0 Å². The molecule has 0 atom stereocenters. The summed E-state index contributed by atoms with van der Waals surface area (Å²) in [7, 11) is 0. The number of amides is 2. The maximum atomic E-state index is 13.7. The van der Waals surface area contributed by atoms with Crippen molar-refractivity contribution >= 4 is 34.8 Å². The number of nitrogens with one attached hydrogen (secondary N) is 1. The van der Waals surface area contributed by atoms with Gasteiger partial charge in [-0.25, -0.2) is 13.8 Å². The zero-order chi connectivity index (χ0) is 16.4. The Morgan fingerprint density at radius 2 is 1.91 bits per heavy atom. The van der Waals surface area contributed by atoms with E-state index in [9.17, 15) is 18.4 Å². The monoisotopic (exact) mass is 326 g/mol. The van der Waals surface area contributed by atoms with E-state index in [2.05, 4.69) is 10.3 Å². The number of carbonyl (C=O) groups is 2. The lowest BCUT2D eigenvalue weighted by Crippen LogP contribution is -2.18. The number of nitrogen functional groups attached to an aromatic ring is 1. The summed E-state index contributed by atoms with van der Waals surface area (Å²) in [4.78, 5) is 26.8. The number of halogens is 3. The van der Waals surface area contributed by atoms with Crippen molar-refractivity contribution in [3.05, 3.63) is 52.3 Å². The largest absolute Gasteiger partial charge is 0.397 e. The minimum Gasteiger partial charge on any atom is -0.397 e. The van der Waals surface area contributed by atoms with Crippen LogP contribution < -0.4 is 16.8 Å². The van der Waals surface area contributed by atoms with E-state index in [-0.39, 0.29) is 16.4 Å². The third kappa shape index (κ3) is 2.96. The van der Waals surface area contributed by atoms with Gasteiger partial charge in [0.1, 0.15) is 17.3 Å². The van der Waals surface area contributed by atoms with Crippen LogP contribution in [0.2, 0.25) is 5.02 Å². The quantitative estimate of drug-likeness (QED) is 0.800. The van der Waals surface area contributed by atoms with Crippen LogP contribution >= 0.6 is 11.6 Å². The second-order valence-electron chi connectivity index (χ2n) is 4.19. The van der Waals surface area contributed by atoms with Gasteiger partial charge in [-0.3, -0.25) is 9.59 Å². The van der Waals surface area contributed by atoms with Gasteiger partial charge in [0.25, 0.3) is 11.8 Å². The molecule has 2 rings (SSSR count). The number of primary amides is 1. The van der Waals surface area contributed by atoms with Gasteiger partial charge in [-0.05, 0) is 12.1 Å². The number of pyridine rings is 1. The Labute approximate surface area is 128 Å². The molecule has 0 unspecified atom stereocenters. The van der Waals surface area contributed by atoms with Crippen LogP contribution in [-0.4, -0.2) is 16.8 Å². The van der Waals surface area contributed by atoms with Crippen LogP contribution in [0.15, 0.2) is 24.4 Å². The number of aromatic nitrogens is 1. The Hall–Kier alpha value is -2.74. The van der Waals surface area contributed by atoms with Crippen molar-refractivity contribution < 1.29 is 18.4 Å². The number of nitrogens with two attached hydrogens (primary N) is 2. The maximum absolute atomic E-state index is 13.7. The normalized spacial score (nSPS) is 10.3. The first-order valence-electron chi connectivity index (χ1n) is 5.81. The number of hydrogen-bond acceptors (Lipinski definition) is 4. The highest BCUT2D eigenvalue weighted by molar-refractivity contribution is 6.36. The van der Waals surface area contributed by atoms with E-state index >= 15 is 0 Å². The summed E-state index contributed by atoms with van der Waals surface area (Å²) in [6, 6.07) is 2.60. The topological polar surface area (TPSA) is 111 Å². The first-order chi connectivity index (χ1) is 10.3. The molecule has 0 aliphatic carbocycles. The van der Waals surface area contributed by atoms with Crippen molar-refractivity contribution in [2.45, 2.75) is 0 Å². The van der Waals surface area contributed by atoms with E-state index in [0.717, 1.165) is 6.07 Å². The highest BCUT2D eigenvalue weighted by atomic mass is 35.5. The van der Waals surface area contributed by atoms with E-state index < -0.39 is 34.7 Å². The van der Waals surface area contributed by atoms with Crippen LogP contribution in [0.5, 0.6) is 0 Å². The molecule has 2 amide bonds. The molecule has 1 heterocycles. The maximum Gasteiger partial charge on any atom is 0.275 e. The predicted octanol–water partition coefficient (Wildman–Crippen LogP) is 1.95. The third-order valence-corrected chi connectivity index (χ3v) is 3.10. The average molecular weight is 327 g/mol. The highest BCUT2D eigenvalue weighted by Gasteiger charge is 2.19. The first kappa shape index (κ1) is 15.6. The first-order valence-corrected chi connectivity index (χ1v) is 6.19. The van der Waals surface area contributed by atoms with Crippen LogP contribution in [0.25, 0.3) is 0 Å². The molecule has 6 nitrogen and oxygen atoms in total. The lowest BCUT2D eigenvalue weighted by atomic mass is 10.1. The zero-order valence-electron chi connectivity index (χ0n) is 10.9. The molecule has 0 aliphatic rings. The second kappa shape index (κ2) is 5.94. The van der Waals surface area contributed by atoms with Crippen molar-refractivity contribution in [2.75, 3.05) is 11.1 Å². The molecule has 0 bridgehead atoms. The Bertz CT molecular complexity index is 783. The molecule has 5 N–H and O–H groups in total. The second-order valence-corrected chi connectivity index (χ2v) is 4.57. The number of hydrogen-bond donors (Lipinski definition) is 3.